The third-order valence-electron chi connectivity index (χ3n) is 6.39. The van der Waals surface area contributed by atoms with Crippen molar-refractivity contribution in [2.45, 2.75) is 86.9 Å². The zero-order valence-electron chi connectivity index (χ0n) is 17.6. The highest BCUT2D eigenvalue weighted by atomic mass is 16.3. The molecular weight excluding hydrogens is 308 g/mol. The minimum Gasteiger partial charge on any atom is -0.393 e. The van der Waals surface area contributed by atoms with Crippen molar-refractivity contribution in [2.24, 2.45) is 34.5 Å². The molecule has 0 aromatic rings. The third kappa shape index (κ3) is 4.77. The van der Waals surface area contributed by atoms with Crippen LogP contribution < -0.4 is 0 Å². The van der Waals surface area contributed by atoms with Gasteiger partial charge in [-0.05, 0) is 60.3 Å². The van der Waals surface area contributed by atoms with E-state index >= 15 is 0 Å². The van der Waals surface area contributed by atoms with Crippen molar-refractivity contribution in [3.63, 3.8) is 0 Å². The number of aliphatic hydroxyl groups excluding tert-OH is 2. The molecule has 1 saturated carbocycles. The predicted molar refractivity (Wildman–Crippen MR) is 106 cm³/mol. The SMILES string of the molecule is CC1=CC(CC2CC(C)CC(C(C)(C)C)[C@@H]2O)[C@H](O)C(C(C)(C)C)=C1. The minimum atomic E-state index is -0.429. The molecule has 4 unspecified atom stereocenters. The van der Waals surface area contributed by atoms with Crippen molar-refractivity contribution < 1.29 is 10.2 Å². The summed E-state index contributed by atoms with van der Waals surface area (Å²) in [5.74, 6) is 1.37. The van der Waals surface area contributed by atoms with Crippen molar-refractivity contribution in [3.05, 3.63) is 23.3 Å². The first-order valence-electron chi connectivity index (χ1n) is 10.1. The van der Waals surface area contributed by atoms with Crippen LogP contribution in [-0.4, -0.2) is 22.4 Å². The van der Waals surface area contributed by atoms with Gasteiger partial charge in [0.2, 0.25) is 0 Å². The topological polar surface area (TPSA) is 40.5 Å². The van der Waals surface area contributed by atoms with Crippen LogP contribution in [0.3, 0.4) is 0 Å². The molecule has 2 nitrogen and oxygen atoms in total. The van der Waals surface area contributed by atoms with Crippen LogP contribution in [0.25, 0.3) is 0 Å². The van der Waals surface area contributed by atoms with Gasteiger partial charge in [-0.2, -0.15) is 0 Å². The number of aliphatic hydroxyl groups is 2. The Balaban J connectivity index is 2.19. The maximum atomic E-state index is 11.1. The molecule has 0 spiro atoms. The van der Waals surface area contributed by atoms with Gasteiger partial charge < -0.3 is 10.2 Å². The largest absolute Gasteiger partial charge is 0.393 e. The lowest BCUT2D eigenvalue weighted by atomic mass is 9.62. The van der Waals surface area contributed by atoms with Gasteiger partial charge in [-0.1, -0.05) is 66.2 Å². The molecule has 0 aromatic heterocycles. The van der Waals surface area contributed by atoms with Crippen molar-refractivity contribution >= 4 is 0 Å². The molecule has 2 heteroatoms. The Morgan fingerprint density at radius 1 is 1.04 bits per heavy atom. The van der Waals surface area contributed by atoms with Crippen LogP contribution in [0.1, 0.15) is 74.7 Å². The van der Waals surface area contributed by atoms with Crippen LogP contribution >= 0.6 is 0 Å². The highest BCUT2D eigenvalue weighted by Gasteiger charge is 2.42. The number of rotatable bonds is 2. The van der Waals surface area contributed by atoms with Crippen molar-refractivity contribution in [2.75, 3.05) is 0 Å². The lowest BCUT2D eigenvalue weighted by Crippen LogP contribution is -2.44. The Hall–Kier alpha value is -0.600. The van der Waals surface area contributed by atoms with E-state index in [0.29, 0.717) is 11.8 Å². The fraction of sp³-hybridized carbons (Fsp3) is 0.826. The Kier molecular flexibility index (Phi) is 5.96. The third-order valence-corrected chi connectivity index (χ3v) is 6.39. The summed E-state index contributed by atoms with van der Waals surface area (Å²) in [6.07, 6.45) is 6.73. The highest BCUT2D eigenvalue weighted by molar-refractivity contribution is 5.34. The van der Waals surface area contributed by atoms with Crippen molar-refractivity contribution in [1.29, 1.82) is 0 Å². The predicted octanol–water partition coefficient (Wildman–Crippen LogP) is 5.36. The number of allylic oxidation sites excluding steroid dienone is 2. The van der Waals surface area contributed by atoms with E-state index in [2.05, 4.69) is 67.5 Å². The van der Waals surface area contributed by atoms with E-state index in [1.54, 1.807) is 0 Å². The molecule has 25 heavy (non-hydrogen) atoms. The Morgan fingerprint density at radius 3 is 2.16 bits per heavy atom. The summed E-state index contributed by atoms with van der Waals surface area (Å²) < 4.78 is 0. The first-order chi connectivity index (χ1) is 11.3. The standard InChI is InChI=1S/C23H40O2/c1-14-9-16(20(24)18(11-14)22(3,4)5)13-17-10-15(2)12-19(21(17)25)23(6,7)8/h9,11,15-17,19-21,24-25H,10,12-13H2,1-8H3/t15?,16?,17?,19?,20-,21+/m0/s1. The average Bonchev–Trinajstić information content (AvgIpc) is 2.43. The molecule has 2 rings (SSSR count). The molecule has 0 aliphatic heterocycles. The molecular formula is C23H40O2. The van der Waals surface area contributed by atoms with E-state index in [1.807, 2.05) is 0 Å². The normalized spacial score (nSPS) is 37.5. The van der Waals surface area contributed by atoms with Gasteiger partial charge in [0.15, 0.2) is 0 Å². The first-order valence-corrected chi connectivity index (χ1v) is 10.1. The lowest BCUT2D eigenvalue weighted by Gasteiger charge is -2.46. The second-order valence-corrected chi connectivity index (χ2v) is 10.9. The maximum Gasteiger partial charge on any atom is 0.0821 e. The van der Waals surface area contributed by atoms with Crippen LogP contribution in [0, 0.1) is 34.5 Å². The van der Waals surface area contributed by atoms with E-state index in [1.165, 1.54) is 5.57 Å². The van der Waals surface area contributed by atoms with Crippen molar-refractivity contribution in [3.8, 4) is 0 Å². The van der Waals surface area contributed by atoms with Gasteiger partial charge in [-0.25, -0.2) is 0 Å². The van der Waals surface area contributed by atoms with Crippen LogP contribution in [0.4, 0.5) is 0 Å². The fourth-order valence-electron chi connectivity index (χ4n) is 5.00. The van der Waals surface area contributed by atoms with Gasteiger partial charge in [0.25, 0.3) is 0 Å². The van der Waals surface area contributed by atoms with Crippen molar-refractivity contribution in [1.82, 2.24) is 0 Å². The smallest absolute Gasteiger partial charge is 0.0821 e. The van der Waals surface area contributed by atoms with Gasteiger partial charge in [0.05, 0.1) is 12.2 Å². The summed E-state index contributed by atoms with van der Waals surface area (Å²) in [4.78, 5) is 0. The van der Waals surface area contributed by atoms with Crippen LogP contribution in [0.15, 0.2) is 23.3 Å². The van der Waals surface area contributed by atoms with E-state index in [0.717, 1.165) is 24.8 Å². The molecule has 144 valence electrons. The first kappa shape index (κ1) is 20.7. The Morgan fingerprint density at radius 2 is 1.64 bits per heavy atom. The Bertz CT molecular complexity index is 529. The second kappa shape index (κ2) is 7.19. The molecule has 0 radical (unpaired) electrons. The van der Waals surface area contributed by atoms with Crippen LogP contribution in [-0.2, 0) is 0 Å². The highest BCUT2D eigenvalue weighted by Crippen LogP contribution is 2.46. The van der Waals surface area contributed by atoms with E-state index in [9.17, 15) is 10.2 Å². The van der Waals surface area contributed by atoms with Gasteiger partial charge >= 0.3 is 0 Å². The summed E-state index contributed by atoms with van der Waals surface area (Å²) in [5, 5.41) is 22.1. The van der Waals surface area contributed by atoms with Gasteiger partial charge in [-0.3, -0.25) is 0 Å². The zero-order chi connectivity index (χ0) is 19.2. The molecule has 0 aromatic carbocycles. The van der Waals surface area contributed by atoms with Gasteiger partial charge in [0, 0.05) is 5.92 Å². The van der Waals surface area contributed by atoms with E-state index in [4.69, 9.17) is 0 Å². The summed E-state index contributed by atoms with van der Waals surface area (Å²) in [6.45, 7) is 17.7. The van der Waals surface area contributed by atoms with Crippen LogP contribution in [0.5, 0.6) is 0 Å². The van der Waals surface area contributed by atoms with Gasteiger partial charge in [-0.15, -0.1) is 0 Å². The average molecular weight is 349 g/mol. The number of hydrogen-bond acceptors (Lipinski definition) is 2. The van der Waals surface area contributed by atoms with Crippen LogP contribution in [0.2, 0.25) is 0 Å². The fourth-order valence-corrected chi connectivity index (χ4v) is 5.00. The molecule has 6 atom stereocenters. The summed E-state index contributed by atoms with van der Waals surface area (Å²) in [6, 6.07) is 0. The zero-order valence-corrected chi connectivity index (χ0v) is 17.6. The molecule has 0 amide bonds. The monoisotopic (exact) mass is 348 g/mol. The summed E-state index contributed by atoms with van der Waals surface area (Å²) in [5.41, 5.74) is 2.47. The second-order valence-electron chi connectivity index (χ2n) is 10.9. The van der Waals surface area contributed by atoms with E-state index < -0.39 is 6.10 Å². The Labute approximate surface area is 155 Å². The molecule has 2 aliphatic carbocycles. The lowest BCUT2D eigenvalue weighted by molar-refractivity contribution is -0.0557. The molecule has 2 N–H and O–H groups in total. The summed E-state index contributed by atoms with van der Waals surface area (Å²) in [7, 11) is 0. The molecule has 0 saturated heterocycles. The van der Waals surface area contributed by atoms with Gasteiger partial charge in [0.1, 0.15) is 0 Å². The van der Waals surface area contributed by atoms with E-state index in [-0.39, 0.29) is 28.8 Å². The molecule has 0 bridgehead atoms. The molecule has 2 aliphatic rings. The maximum absolute atomic E-state index is 11.1. The summed E-state index contributed by atoms with van der Waals surface area (Å²) >= 11 is 0. The minimum absolute atomic E-state index is 0.0282. The molecule has 0 heterocycles. The quantitative estimate of drug-likeness (QED) is 0.705. The number of hydrogen-bond donors (Lipinski definition) is 2. The molecule has 1 fully saturated rings.